The quantitative estimate of drug-likeness (QED) is 0.0145. The number of phosphoric ester groups is 1. The summed E-state index contributed by atoms with van der Waals surface area (Å²) in [5.74, 6) is -1.13. The molecule has 0 aromatic heterocycles. The van der Waals surface area contributed by atoms with E-state index >= 15 is 0 Å². The van der Waals surface area contributed by atoms with Crippen LogP contribution >= 0.6 is 7.82 Å². The Balaban J connectivity index is 2.41. The van der Waals surface area contributed by atoms with E-state index in [0.29, 0.717) is 12.8 Å². The first-order valence-electron chi connectivity index (χ1n) is 26.4. The van der Waals surface area contributed by atoms with E-state index in [0.717, 1.165) is 70.6 Å². The van der Waals surface area contributed by atoms with Gasteiger partial charge in [0.1, 0.15) is 43.2 Å². The molecule has 14 heteroatoms. The van der Waals surface area contributed by atoms with Crippen molar-refractivity contribution in [2.75, 3.05) is 13.2 Å². The number of phosphoric acid groups is 1. The number of unbranched alkanes of at least 4 members (excludes halogenated alkanes) is 24. The number of hydrogen-bond acceptors (Lipinski definition) is 12. The second kappa shape index (κ2) is 42.7. The number of carbonyl (C=O) groups is 2. The standard InChI is InChI=1S/C53H95O13P/c1-3-5-7-9-11-13-15-17-19-21-23-25-27-29-31-33-35-37-39-41-46(54)63-43-45(44-64-67(61,62)66-53-51(59)49(57)48(56)50(58)52(53)60)65-47(55)42-40-38-36-34-32-30-28-26-24-22-20-18-16-14-12-10-8-6-4-2/h11,13,17,19,23,25,29,31,45,48-53,56-60H,3-10,12,14-16,18,20-22,24,26-28,30,32-44H2,1-2H3,(H,61,62)/b13-11+,19-17+,25-23+,31-29+/t45-,48?,49-,50?,51?,52?,53?/m0/s1. The Morgan fingerprint density at radius 1 is 0.463 bits per heavy atom. The van der Waals surface area contributed by atoms with Gasteiger partial charge in [0, 0.05) is 12.8 Å². The third-order valence-corrected chi connectivity index (χ3v) is 13.2. The van der Waals surface area contributed by atoms with E-state index in [2.05, 4.69) is 62.5 Å². The number of esters is 2. The molecule has 0 spiro atoms. The average Bonchev–Trinajstić information content (AvgIpc) is 3.31. The topological polar surface area (TPSA) is 210 Å². The van der Waals surface area contributed by atoms with Crippen molar-refractivity contribution in [1.29, 1.82) is 0 Å². The molecule has 0 heterocycles. The molecular weight excluding hydrogens is 876 g/mol. The number of aliphatic hydroxyl groups excluding tert-OH is 5. The molecule has 0 radical (unpaired) electrons. The molecule has 0 bridgehead atoms. The maximum absolute atomic E-state index is 12.9. The van der Waals surface area contributed by atoms with E-state index in [9.17, 15) is 44.6 Å². The fourth-order valence-corrected chi connectivity index (χ4v) is 8.89. The highest BCUT2D eigenvalue weighted by molar-refractivity contribution is 7.47. The van der Waals surface area contributed by atoms with Crippen molar-refractivity contribution in [3.05, 3.63) is 48.6 Å². The van der Waals surface area contributed by atoms with Gasteiger partial charge in [-0.15, -0.1) is 0 Å². The lowest BCUT2D eigenvalue weighted by molar-refractivity contribution is -0.220. The molecular formula is C53H95O13P. The third-order valence-electron chi connectivity index (χ3n) is 12.2. The summed E-state index contributed by atoms with van der Waals surface area (Å²) in [6, 6.07) is 0. The summed E-state index contributed by atoms with van der Waals surface area (Å²) in [5.41, 5.74) is 0. The predicted molar refractivity (Wildman–Crippen MR) is 267 cm³/mol. The molecule has 1 fully saturated rings. The number of rotatable bonds is 44. The highest BCUT2D eigenvalue weighted by Crippen LogP contribution is 2.47. The molecule has 0 amide bonds. The molecule has 6 N–H and O–H groups in total. The van der Waals surface area contributed by atoms with Crippen molar-refractivity contribution in [3.63, 3.8) is 0 Å². The van der Waals surface area contributed by atoms with Crippen LogP contribution in [0.15, 0.2) is 48.6 Å². The molecule has 6 unspecified atom stereocenters. The van der Waals surface area contributed by atoms with Gasteiger partial charge in [0.05, 0.1) is 6.61 Å². The first-order valence-corrected chi connectivity index (χ1v) is 27.9. The van der Waals surface area contributed by atoms with Crippen LogP contribution in [0.4, 0.5) is 0 Å². The van der Waals surface area contributed by atoms with Gasteiger partial charge in [-0.2, -0.15) is 0 Å². The maximum atomic E-state index is 12.9. The van der Waals surface area contributed by atoms with E-state index in [1.54, 1.807) is 0 Å². The van der Waals surface area contributed by atoms with Crippen LogP contribution in [0.1, 0.15) is 219 Å². The molecule has 1 aliphatic rings. The molecule has 390 valence electrons. The first-order chi connectivity index (χ1) is 32.4. The van der Waals surface area contributed by atoms with Crippen molar-refractivity contribution >= 4 is 19.8 Å². The lowest BCUT2D eigenvalue weighted by atomic mass is 9.85. The van der Waals surface area contributed by atoms with E-state index in [4.69, 9.17) is 18.5 Å². The lowest BCUT2D eigenvalue weighted by Gasteiger charge is -2.41. The second-order valence-corrected chi connectivity index (χ2v) is 19.8. The summed E-state index contributed by atoms with van der Waals surface area (Å²) < 4.78 is 33.6. The van der Waals surface area contributed by atoms with Crippen molar-refractivity contribution in [3.8, 4) is 0 Å². The zero-order valence-corrected chi connectivity index (χ0v) is 42.6. The zero-order chi connectivity index (χ0) is 49.2. The Hall–Kier alpha value is -2.19. The molecule has 0 aromatic rings. The van der Waals surface area contributed by atoms with Gasteiger partial charge < -0.3 is 39.9 Å². The van der Waals surface area contributed by atoms with Crippen LogP contribution < -0.4 is 0 Å². The van der Waals surface area contributed by atoms with Crippen LogP contribution in [0, 0.1) is 0 Å². The Morgan fingerprint density at radius 2 is 0.806 bits per heavy atom. The number of hydrogen-bond donors (Lipinski definition) is 6. The summed E-state index contributed by atoms with van der Waals surface area (Å²) in [6.45, 7) is 3.28. The van der Waals surface area contributed by atoms with Gasteiger partial charge in [-0.05, 0) is 57.8 Å². The van der Waals surface area contributed by atoms with E-state index in [-0.39, 0.29) is 12.8 Å². The van der Waals surface area contributed by atoms with Crippen molar-refractivity contribution < 1.29 is 63.1 Å². The normalized spacial score (nSPS) is 21.5. The van der Waals surface area contributed by atoms with Gasteiger partial charge in [-0.1, -0.05) is 197 Å². The van der Waals surface area contributed by atoms with Crippen LogP contribution in [0.25, 0.3) is 0 Å². The largest absolute Gasteiger partial charge is 0.472 e. The minimum absolute atomic E-state index is 0.0919. The molecule has 1 aliphatic carbocycles. The molecule has 67 heavy (non-hydrogen) atoms. The lowest BCUT2D eigenvalue weighted by Crippen LogP contribution is -2.64. The SMILES string of the molecule is CCCCC/C=C/C/C=C/C/C=C/C/C=C/CCCCCC(=O)OC[C@@H](COP(=O)(O)OC1C(O)C(O)C(O)[C@H](O)C1O)OC(=O)CCCCCCCCCCCCCCCCCCCCC. The van der Waals surface area contributed by atoms with Crippen molar-refractivity contribution in [2.24, 2.45) is 0 Å². The predicted octanol–water partition coefficient (Wildman–Crippen LogP) is 11.5. The van der Waals surface area contributed by atoms with Crippen molar-refractivity contribution in [2.45, 2.75) is 262 Å². The van der Waals surface area contributed by atoms with Gasteiger partial charge in [0.15, 0.2) is 6.10 Å². The summed E-state index contributed by atoms with van der Waals surface area (Å²) in [7, 11) is -5.13. The van der Waals surface area contributed by atoms with E-state index in [1.165, 1.54) is 109 Å². The monoisotopic (exact) mass is 971 g/mol. The molecule has 0 aromatic carbocycles. The van der Waals surface area contributed by atoms with Crippen molar-refractivity contribution in [1.82, 2.24) is 0 Å². The van der Waals surface area contributed by atoms with Crippen LogP contribution in [0.2, 0.25) is 0 Å². The Morgan fingerprint density at radius 3 is 1.25 bits per heavy atom. The molecule has 1 saturated carbocycles. The van der Waals surface area contributed by atoms with Gasteiger partial charge in [0.25, 0.3) is 0 Å². The maximum Gasteiger partial charge on any atom is 0.472 e. The minimum atomic E-state index is -5.13. The highest BCUT2D eigenvalue weighted by atomic mass is 31.2. The fourth-order valence-electron chi connectivity index (χ4n) is 7.92. The van der Waals surface area contributed by atoms with E-state index in [1.807, 2.05) is 0 Å². The zero-order valence-electron chi connectivity index (χ0n) is 41.7. The highest BCUT2D eigenvalue weighted by Gasteiger charge is 2.51. The third kappa shape index (κ3) is 34.7. The first kappa shape index (κ1) is 62.8. The summed E-state index contributed by atoms with van der Waals surface area (Å²) >= 11 is 0. The molecule has 0 aliphatic heterocycles. The van der Waals surface area contributed by atoms with Crippen LogP contribution in [-0.2, 0) is 32.7 Å². The number of allylic oxidation sites excluding steroid dienone is 8. The van der Waals surface area contributed by atoms with Gasteiger partial charge >= 0.3 is 19.8 Å². The summed E-state index contributed by atoms with van der Waals surface area (Å²) in [4.78, 5) is 35.9. The second-order valence-electron chi connectivity index (χ2n) is 18.4. The smallest absolute Gasteiger partial charge is 0.462 e. The summed E-state index contributed by atoms with van der Waals surface area (Å²) in [5, 5.41) is 50.3. The average molecular weight is 971 g/mol. The van der Waals surface area contributed by atoms with Gasteiger partial charge in [0.2, 0.25) is 0 Å². The number of carbonyl (C=O) groups excluding carboxylic acids is 2. The van der Waals surface area contributed by atoms with E-state index < -0.39 is 75.7 Å². The van der Waals surface area contributed by atoms with Gasteiger partial charge in [-0.25, -0.2) is 4.57 Å². The number of aliphatic hydroxyl groups is 5. The Kier molecular flexibility index (Phi) is 40.0. The summed E-state index contributed by atoms with van der Waals surface area (Å²) in [6.07, 6.45) is 38.7. The van der Waals surface area contributed by atoms with Crippen LogP contribution in [-0.4, -0.2) is 98.3 Å². The fraction of sp³-hybridized carbons (Fsp3) is 0.811. The minimum Gasteiger partial charge on any atom is -0.462 e. The van der Waals surface area contributed by atoms with Crippen LogP contribution in [0.3, 0.4) is 0 Å². The van der Waals surface area contributed by atoms with Crippen LogP contribution in [0.5, 0.6) is 0 Å². The molecule has 13 nitrogen and oxygen atoms in total. The van der Waals surface area contributed by atoms with Gasteiger partial charge in [-0.3, -0.25) is 18.6 Å². The molecule has 0 saturated heterocycles. The molecule has 1 rings (SSSR count). The Labute approximate surface area is 405 Å². The number of ether oxygens (including phenoxy) is 2. The Bertz CT molecular complexity index is 1350. The molecule has 8 atom stereocenters.